The molecule has 0 aromatic heterocycles. The van der Waals surface area contributed by atoms with E-state index in [0.717, 1.165) is 49.9 Å². The summed E-state index contributed by atoms with van der Waals surface area (Å²) in [5.74, 6) is 1.55. The predicted molar refractivity (Wildman–Crippen MR) is 168 cm³/mol. The average molecular weight is 590 g/mol. The zero-order chi connectivity index (χ0) is 28.7. The lowest BCUT2D eigenvalue weighted by molar-refractivity contribution is -0.128. The standard InChI is InChI=1S/C35H38Cl2N2O2/c1-21-15-31(36)34(32(37)16-21)41-14-13-24-7-9-25(10-8-24)29-17-27-18-38-19-30(27)33(29)35(40)39(28-11-12-28)20-26-6-4-5-22(2)23(26)3/h4-10,15-16,27-28,30,38H,11-14,17-20H2,1-3H3/t27-,30+/m0/s1. The van der Waals surface area contributed by atoms with Gasteiger partial charge in [-0.1, -0.05) is 65.7 Å². The van der Waals surface area contributed by atoms with E-state index in [-0.39, 0.29) is 11.8 Å². The number of fused-ring (bicyclic) bond motifs is 1. The highest BCUT2D eigenvalue weighted by Gasteiger charge is 2.44. The van der Waals surface area contributed by atoms with Crippen molar-refractivity contribution in [3.63, 3.8) is 0 Å². The molecule has 1 N–H and O–H groups in total. The zero-order valence-electron chi connectivity index (χ0n) is 24.1. The monoisotopic (exact) mass is 588 g/mol. The Balaban J connectivity index is 1.21. The number of amides is 1. The largest absolute Gasteiger partial charge is 0.490 e. The number of halogens is 2. The fourth-order valence-corrected chi connectivity index (χ4v) is 7.19. The number of nitrogens with one attached hydrogen (secondary N) is 1. The van der Waals surface area contributed by atoms with E-state index in [1.807, 2.05) is 19.1 Å². The number of allylic oxidation sites excluding steroid dienone is 1. The molecule has 1 saturated heterocycles. The van der Waals surface area contributed by atoms with Crippen LogP contribution in [-0.4, -0.2) is 36.5 Å². The summed E-state index contributed by atoms with van der Waals surface area (Å²) in [4.78, 5) is 16.5. The maximum absolute atomic E-state index is 14.4. The minimum Gasteiger partial charge on any atom is -0.490 e. The van der Waals surface area contributed by atoms with E-state index < -0.39 is 0 Å². The number of rotatable bonds is 9. The van der Waals surface area contributed by atoms with E-state index >= 15 is 0 Å². The van der Waals surface area contributed by atoms with Gasteiger partial charge < -0.3 is 15.0 Å². The van der Waals surface area contributed by atoms with Gasteiger partial charge in [0.2, 0.25) is 0 Å². The Bertz CT molecular complexity index is 1470. The number of aryl methyl sites for hydroxylation is 2. The molecule has 4 nitrogen and oxygen atoms in total. The number of nitrogens with zero attached hydrogens (tertiary/aromatic N) is 1. The second kappa shape index (κ2) is 11.8. The van der Waals surface area contributed by atoms with Crippen LogP contribution in [0.2, 0.25) is 10.0 Å². The van der Waals surface area contributed by atoms with Crippen molar-refractivity contribution in [1.82, 2.24) is 10.2 Å². The molecule has 0 unspecified atom stereocenters. The number of ether oxygens (including phenoxy) is 1. The number of benzene rings is 3. The highest BCUT2D eigenvalue weighted by molar-refractivity contribution is 6.37. The Morgan fingerprint density at radius 3 is 2.44 bits per heavy atom. The van der Waals surface area contributed by atoms with Crippen molar-refractivity contribution in [3.8, 4) is 5.75 Å². The molecule has 2 aliphatic carbocycles. The van der Waals surface area contributed by atoms with Crippen LogP contribution in [0, 0.1) is 32.6 Å². The number of carbonyl (C=O) groups is 1. The van der Waals surface area contributed by atoms with Gasteiger partial charge in [0.15, 0.2) is 5.75 Å². The lowest BCUT2D eigenvalue weighted by Crippen LogP contribution is -2.36. The first kappa shape index (κ1) is 28.3. The Kier molecular flexibility index (Phi) is 8.18. The first-order valence-corrected chi connectivity index (χ1v) is 15.5. The molecule has 0 radical (unpaired) electrons. The van der Waals surface area contributed by atoms with Gasteiger partial charge in [-0.3, -0.25) is 4.79 Å². The molecule has 6 rings (SSSR count). The Labute approximate surface area is 253 Å². The highest BCUT2D eigenvalue weighted by atomic mass is 35.5. The summed E-state index contributed by atoms with van der Waals surface area (Å²) in [5, 5.41) is 4.62. The smallest absolute Gasteiger partial charge is 0.250 e. The van der Waals surface area contributed by atoms with Gasteiger partial charge in [-0.15, -0.1) is 0 Å². The first-order valence-electron chi connectivity index (χ1n) is 14.8. The summed E-state index contributed by atoms with van der Waals surface area (Å²) >= 11 is 12.7. The highest BCUT2D eigenvalue weighted by Crippen LogP contribution is 2.46. The molecule has 1 saturated carbocycles. The van der Waals surface area contributed by atoms with Crippen LogP contribution in [0.25, 0.3) is 5.57 Å². The van der Waals surface area contributed by atoms with Crippen LogP contribution < -0.4 is 10.1 Å². The summed E-state index contributed by atoms with van der Waals surface area (Å²) in [6, 6.07) is 19.2. The topological polar surface area (TPSA) is 41.6 Å². The van der Waals surface area contributed by atoms with Crippen molar-refractivity contribution >= 4 is 34.7 Å². The van der Waals surface area contributed by atoms with Crippen molar-refractivity contribution in [1.29, 1.82) is 0 Å². The van der Waals surface area contributed by atoms with Crippen LogP contribution >= 0.6 is 23.2 Å². The van der Waals surface area contributed by atoms with Crippen LogP contribution in [0.15, 0.2) is 60.2 Å². The van der Waals surface area contributed by atoms with Gasteiger partial charge in [-0.05, 0) is 104 Å². The molecule has 214 valence electrons. The summed E-state index contributed by atoms with van der Waals surface area (Å²) < 4.78 is 5.94. The van der Waals surface area contributed by atoms with Crippen molar-refractivity contribution in [2.75, 3.05) is 19.7 Å². The van der Waals surface area contributed by atoms with Crippen molar-refractivity contribution in [2.24, 2.45) is 11.8 Å². The minimum atomic E-state index is 0.240. The van der Waals surface area contributed by atoms with Gasteiger partial charge in [0.05, 0.1) is 16.7 Å². The van der Waals surface area contributed by atoms with Gasteiger partial charge in [0.1, 0.15) is 0 Å². The molecule has 3 aromatic carbocycles. The molecular weight excluding hydrogens is 551 g/mol. The fraction of sp³-hybridized carbons (Fsp3) is 0.400. The van der Waals surface area contributed by atoms with Crippen molar-refractivity contribution in [2.45, 2.75) is 59.0 Å². The van der Waals surface area contributed by atoms with Crippen LogP contribution in [0.4, 0.5) is 0 Å². The van der Waals surface area contributed by atoms with Crippen LogP contribution in [-0.2, 0) is 17.8 Å². The fourth-order valence-electron chi connectivity index (χ4n) is 6.48. The maximum Gasteiger partial charge on any atom is 0.250 e. The summed E-state index contributed by atoms with van der Waals surface area (Å²) in [5.41, 5.74) is 9.45. The Morgan fingerprint density at radius 1 is 1.00 bits per heavy atom. The summed E-state index contributed by atoms with van der Waals surface area (Å²) in [7, 11) is 0. The van der Waals surface area contributed by atoms with E-state index in [1.54, 1.807) is 0 Å². The third-order valence-electron chi connectivity index (χ3n) is 9.12. The van der Waals surface area contributed by atoms with Crippen LogP contribution in [0.3, 0.4) is 0 Å². The molecule has 0 spiro atoms. The second-order valence-corrected chi connectivity index (χ2v) is 12.8. The SMILES string of the molecule is Cc1cc(Cl)c(OCCc2ccc(C3=C(C(=O)N(Cc4cccc(C)c4C)C4CC4)[C@@H]4CNC[C@@H]4C3)cc2)c(Cl)c1. The molecule has 2 atom stereocenters. The second-order valence-electron chi connectivity index (χ2n) is 12.0. The first-order chi connectivity index (χ1) is 19.8. The third kappa shape index (κ3) is 5.93. The van der Waals surface area contributed by atoms with Crippen LogP contribution in [0.5, 0.6) is 5.75 Å². The zero-order valence-corrected chi connectivity index (χ0v) is 25.6. The Hall–Kier alpha value is -2.79. The molecule has 2 fully saturated rings. The maximum atomic E-state index is 14.4. The van der Waals surface area contributed by atoms with Gasteiger partial charge in [0, 0.05) is 37.0 Å². The van der Waals surface area contributed by atoms with E-state index in [1.165, 1.54) is 33.4 Å². The molecule has 41 heavy (non-hydrogen) atoms. The summed E-state index contributed by atoms with van der Waals surface area (Å²) in [6.45, 7) is 9.32. The molecule has 1 amide bonds. The van der Waals surface area contributed by atoms with Gasteiger partial charge >= 0.3 is 0 Å². The summed E-state index contributed by atoms with van der Waals surface area (Å²) in [6.07, 6.45) is 3.89. The average Bonchev–Trinajstić information content (AvgIpc) is 3.57. The molecular formula is C35H38Cl2N2O2. The molecule has 3 aliphatic rings. The van der Waals surface area contributed by atoms with Crippen LogP contribution in [0.1, 0.15) is 52.6 Å². The van der Waals surface area contributed by atoms with Crippen molar-refractivity contribution < 1.29 is 9.53 Å². The van der Waals surface area contributed by atoms with Gasteiger partial charge in [-0.2, -0.15) is 0 Å². The Morgan fingerprint density at radius 2 is 1.73 bits per heavy atom. The molecule has 3 aromatic rings. The molecule has 6 heteroatoms. The lowest BCUT2D eigenvalue weighted by atomic mass is 9.93. The number of hydrogen-bond acceptors (Lipinski definition) is 3. The number of carbonyl (C=O) groups excluding carboxylic acids is 1. The van der Waals surface area contributed by atoms with Crippen molar-refractivity contribution in [3.05, 3.63) is 104 Å². The number of hydrogen-bond donors (Lipinski definition) is 1. The van der Waals surface area contributed by atoms with E-state index in [2.05, 4.69) is 66.5 Å². The van der Waals surface area contributed by atoms with Gasteiger partial charge in [-0.25, -0.2) is 0 Å². The minimum absolute atomic E-state index is 0.240. The van der Waals surface area contributed by atoms with Gasteiger partial charge in [0.25, 0.3) is 5.91 Å². The quantitative estimate of drug-likeness (QED) is 0.278. The predicted octanol–water partition coefficient (Wildman–Crippen LogP) is 7.72. The molecule has 1 heterocycles. The molecule has 0 bridgehead atoms. The lowest BCUT2D eigenvalue weighted by Gasteiger charge is -2.27. The van der Waals surface area contributed by atoms with E-state index in [4.69, 9.17) is 27.9 Å². The third-order valence-corrected chi connectivity index (χ3v) is 9.68. The van der Waals surface area contributed by atoms with E-state index in [9.17, 15) is 4.79 Å². The normalized spacial score (nSPS) is 19.9. The van der Waals surface area contributed by atoms with E-state index in [0.29, 0.717) is 40.9 Å². The molecule has 1 aliphatic heterocycles.